The Bertz CT molecular complexity index is 923. The van der Waals surface area contributed by atoms with Crippen LogP contribution in [-0.4, -0.2) is 36.3 Å². The molecule has 3 rings (SSSR count). The van der Waals surface area contributed by atoms with E-state index in [-0.39, 0.29) is 24.4 Å². The van der Waals surface area contributed by atoms with Crippen LogP contribution in [0.4, 0.5) is 11.4 Å². The van der Waals surface area contributed by atoms with Gasteiger partial charge in [0.1, 0.15) is 0 Å². The topological polar surface area (TPSA) is 61.4 Å². The third-order valence-electron chi connectivity index (χ3n) is 5.97. The molecule has 2 aromatic rings. The fourth-order valence-electron chi connectivity index (χ4n) is 3.89. The zero-order valence-electron chi connectivity index (χ0n) is 17.9. The highest BCUT2D eigenvalue weighted by Crippen LogP contribution is 2.26. The Hall–Kier alpha value is -2.53. The number of carbonyl (C=O) groups is 2. The molecule has 0 saturated heterocycles. The number of rotatable bonds is 6. The maximum atomic E-state index is 12.9. The quantitative estimate of drug-likeness (QED) is 0.647. The van der Waals surface area contributed by atoms with Gasteiger partial charge in [0.2, 0.25) is 5.91 Å². The van der Waals surface area contributed by atoms with Crippen LogP contribution in [0.1, 0.15) is 53.6 Å². The third kappa shape index (κ3) is 5.33. The normalized spacial score (nSPS) is 14.3. The van der Waals surface area contributed by atoms with E-state index in [0.29, 0.717) is 16.3 Å². The molecule has 0 aromatic heterocycles. The number of anilines is 2. The van der Waals surface area contributed by atoms with Gasteiger partial charge in [0, 0.05) is 24.5 Å². The van der Waals surface area contributed by atoms with E-state index >= 15 is 0 Å². The highest BCUT2D eigenvalue weighted by atomic mass is 35.5. The molecule has 5 nitrogen and oxygen atoms in total. The van der Waals surface area contributed by atoms with Crippen molar-refractivity contribution in [2.45, 2.75) is 52.0 Å². The van der Waals surface area contributed by atoms with E-state index < -0.39 is 0 Å². The Labute approximate surface area is 183 Å². The zero-order valence-corrected chi connectivity index (χ0v) is 18.7. The van der Waals surface area contributed by atoms with Gasteiger partial charge in [-0.3, -0.25) is 9.59 Å². The average Bonchev–Trinajstić information content (AvgIpc) is 2.75. The van der Waals surface area contributed by atoms with Crippen molar-refractivity contribution in [2.75, 3.05) is 24.2 Å². The van der Waals surface area contributed by atoms with E-state index in [2.05, 4.69) is 10.6 Å². The van der Waals surface area contributed by atoms with Gasteiger partial charge < -0.3 is 15.5 Å². The molecule has 1 saturated carbocycles. The number of halogens is 1. The molecule has 0 bridgehead atoms. The summed E-state index contributed by atoms with van der Waals surface area (Å²) >= 11 is 6.40. The molecule has 6 heteroatoms. The average molecular weight is 428 g/mol. The summed E-state index contributed by atoms with van der Waals surface area (Å²) in [5.74, 6) is -0.192. The van der Waals surface area contributed by atoms with E-state index in [1.807, 2.05) is 44.0 Å². The van der Waals surface area contributed by atoms with Crippen molar-refractivity contribution in [1.29, 1.82) is 0 Å². The van der Waals surface area contributed by atoms with Gasteiger partial charge in [0.05, 0.1) is 17.1 Å². The predicted molar refractivity (Wildman–Crippen MR) is 123 cm³/mol. The molecule has 0 unspecified atom stereocenters. The molecular weight excluding hydrogens is 398 g/mol. The lowest BCUT2D eigenvalue weighted by Crippen LogP contribution is -2.38. The van der Waals surface area contributed by atoms with Crippen molar-refractivity contribution in [3.63, 3.8) is 0 Å². The second-order valence-corrected chi connectivity index (χ2v) is 8.46. The molecule has 2 aromatic carbocycles. The lowest BCUT2D eigenvalue weighted by Gasteiger charge is -2.31. The minimum absolute atomic E-state index is 0.0499. The summed E-state index contributed by atoms with van der Waals surface area (Å²) in [5.41, 5.74) is 4.19. The molecule has 0 radical (unpaired) electrons. The predicted octanol–water partition coefficient (Wildman–Crippen LogP) is 5.41. The van der Waals surface area contributed by atoms with Crippen LogP contribution >= 0.6 is 11.6 Å². The van der Waals surface area contributed by atoms with Crippen LogP contribution in [0.3, 0.4) is 0 Å². The van der Waals surface area contributed by atoms with Crippen LogP contribution in [0.5, 0.6) is 0 Å². The number of nitrogens with zero attached hydrogens (tertiary/aromatic N) is 1. The van der Waals surface area contributed by atoms with Crippen LogP contribution in [0.15, 0.2) is 36.4 Å². The first-order valence-corrected chi connectivity index (χ1v) is 10.9. The largest absolute Gasteiger partial charge is 0.376 e. The SMILES string of the molecule is Cc1cccc(NC(=O)CNc2ccc(C(=O)N(C)C3CCCCC3)c(Cl)c2)c1C. The smallest absolute Gasteiger partial charge is 0.255 e. The first kappa shape index (κ1) is 22.2. The Morgan fingerprint density at radius 1 is 1.10 bits per heavy atom. The molecule has 0 heterocycles. The van der Waals surface area contributed by atoms with E-state index in [4.69, 9.17) is 11.6 Å². The van der Waals surface area contributed by atoms with Crippen molar-refractivity contribution in [3.8, 4) is 0 Å². The van der Waals surface area contributed by atoms with Gasteiger partial charge in [0.15, 0.2) is 0 Å². The number of aryl methyl sites for hydroxylation is 1. The molecule has 1 fully saturated rings. The van der Waals surface area contributed by atoms with Crippen LogP contribution in [0, 0.1) is 13.8 Å². The van der Waals surface area contributed by atoms with E-state index in [1.54, 1.807) is 18.2 Å². The summed E-state index contributed by atoms with van der Waals surface area (Å²) in [5, 5.41) is 6.39. The van der Waals surface area contributed by atoms with Crippen molar-refractivity contribution < 1.29 is 9.59 Å². The highest BCUT2D eigenvalue weighted by molar-refractivity contribution is 6.34. The molecular formula is C24H30ClN3O2. The number of amides is 2. The van der Waals surface area contributed by atoms with Crippen LogP contribution in [-0.2, 0) is 4.79 Å². The second kappa shape index (κ2) is 9.98. The van der Waals surface area contributed by atoms with Crippen molar-refractivity contribution in [1.82, 2.24) is 4.90 Å². The first-order chi connectivity index (χ1) is 14.4. The number of nitrogens with one attached hydrogen (secondary N) is 2. The van der Waals surface area contributed by atoms with Gasteiger partial charge >= 0.3 is 0 Å². The minimum Gasteiger partial charge on any atom is -0.376 e. The molecule has 160 valence electrons. The standard InChI is InChI=1S/C24H30ClN3O2/c1-16-8-7-11-22(17(16)2)27-23(29)15-26-18-12-13-20(21(25)14-18)24(30)28(3)19-9-5-4-6-10-19/h7-8,11-14,19,26H,4-6,9-10,15H2,1-3H3,(H,27,29). The van der Waals surface area contributed by atoms with Crippen LogP contribution < -0.4 is 10.6 Å². The molecule has 2 N–H and O–H groups in total. The third-order valence-corrected chi connectivity index (χ3v) is 6.29. The molecule has 30 heavy (non-hydrogen) atoms. The minimum atomic E-state index is -0.142. The maximum Gasteiger partial charge on any atom is 0.255 e. The number of benzene rings is 2. The summed E-state index contributed by atoms with van der Waals surface area (Å²) < 4.78 is 0. The summed E-state index contributed by atoms with van der Waals surface area (Å²) in [6.45, 7) is 4.11. The van der Waals surface area contributed by atoms with Gasteiger partial charge in [-0.2, -0.15) is 0 Å². The summed E-state index contributed by atoms with van der Waals surface area (Å²) in [6.07, 6.45) is 5.69. The van der Waals surface area contributed by atoms with E-state index in [9.17, 15) is 9.59 Å². The lowest BCUT2D eigenvalue weighted by molar-refractivity contribution is -0.114. The highest BCUT2D eigenvalue weighted by Gasteiger charge is 2.24. The maximum absolute atomic E-state index is 12.9. The van der Waals surface area contributed by atoms with Gasteiger partial charge in [-0.1, -0.05) is 43.0 Å². The Kier molecular flexibility index (Phi) is 7.38. The van der Waals surface area contributed by atoms with Gasteiger partial charge in [-0.25, -0.2) is 0 Å². The fraction of sp³-hybridized carbons (Fsp3) is 0.417. The number of hydrogen-bond donors (Lipinski definition) is 2. The molecule has 0 spiro atoms. The number of carbonyl (C=O) groups excluding carboxylic acids is 2. The van der Waals surface area contributed by atoms with Crippen LogP contribution in [0.25, 0.3) is 0 Å². The molecule has 1 aliphatic carbocycles. The molecule has 1 aliphatic rings. The first-order valence-electron chi connectivity index (χ1n) is 10.5. The Balaban J connectivity index is 1.59. The zero-order chi connectivity index (χ0) is 21.7. The van der Waals surface area contributed by atoms with Gasteiger partial charge in [-0.05, 0) is 62.1 Å². The molecule has 0 aliphatic heterocycles. The molecule has 2 amide bonds. The Morgan fingerprint density at radius 3 is 2.53 bits per heavy atom. The second-order valence-electron chi connectivity index (χ2n) is 8.05. The van der Waals surface area contributed by atoms with Crippen LogP contribution in [0.2, 0.25) is 5.02 Å². The summed E-state index contributed by atoms with van der Waals surface area (Å²) in [6, 6.07) is 11.3. The van der Waals surface area contributed by atoms with E-state index in [1.165, 1.54) is 19.3 Å². The lowest BCUT2D eigenvalue weighted by atomic mass is 9.94. The van der Waals surface area contributed by atoms with Crippen molar-refractivity contribution in [3.05, 3.63) is 58.1 Å². The monoisotopic (exact) mass is 427 g/mol. The molecule has 0 atom stereocenters. The summed E-state index contributed by atoms with van der Waals surface area (Å²) in [4.78, 5) is 27.0. The van der Waals surface area contributed by atoms with Gasteiger partial charge in [0.25, 0.3) is 5.91 Å². The number of hydrogen-bond acceptors (Lipinski definition) is 3. The summed E-state index contributed by atoms with van der Waals surface area (Å²) in [7, 11) is 1.86. The van der Waals surface area contributed by atoms with Crippen molar-refractivity contribution in [2.24, 2.45) is 0 Å². The van der Waals surface area contributed by atoms with E-state index in [0.717, 1.165) is 29.7 Å². The van der Waals surface area contributed by atoms with Crippen molar-refractivity contribution >= 4 is 34.8 Å². The van der Waals surface area contributed by atoms with Gasteiger partial charge in [-0.15, -0.1) is 0 Å². The fourth-order valence-corrected chi connectivity index (χ4v) is 4.15. The Morgan fingerprint density at radius 2 is 1.83 bits per heavy atom.